The number of aryl methyl sites for hydroxylation is 1. The second kappa shape index (κ2) is 5.01. The first-order chi connectivity index (χ1) is 8.99. The molecule has 100 valence electrons. The number of hydrogen-bond acceptors (Lipinski definition) is 5. The molecule has 0 aromatic carbocycles. The van der Waals surface area contributed by atoms with Crippen molar-refractivity contribution in [3.63, 3.8) is 0 Å². The van der Waals surface area contributed by atoms with Gasteiger partial charge in [-0.05, 0) is 13.8 Å². The maximum atomic E-state index is 11.9. The number of aromatic nitrogens is 5. The predicted octanol–water partition coefficient (Wildman–Crippen LogP) is -0.346. The average molecular weight is 263 g/mol. The van der Waals surface area contributed by atoms with Crippen LogP contribution in [0.4, 0.5) is 0 Å². The monoisotopic (exact) mass is 263 g/mol. The molecular formula is C11H13N5O3. The van der Waals surface area contributed by atoms with Crippen LogP contribution in [0.1, 0.15) is 22.8 Å². The van der Waals surface area contributed by atoms with Crippen molar-refractivity contribution in [2.45, 2.75) is 26.8 Å². The molecule has 0 saturated heterocycles. The van der Waals surface area contributed by atoms with E-state index >= 15 is 0 Å². The molecule has 0 fully saturated rings. The molecule has 0 aliphatic carbocycles. The third kappa shape index (κ3) is 2.67. The maximum absolute atomic E-state index is 11.9. The lowest BCUT2D eigenvalue weighted by molar-refractivity contribution is -0.136. The van der Waals surface area contributed by atoms with E-state index in [-0.39, 0.29) is 13.0 Å². The minimum Gasteiger partial charge on any atom is -0.481 e. The summed E-state index contributed by atoms with van der Waals surface area (Å²) in [5.41, 5.74) is 1.14. The number of H-pyrrole nitrogens is 1. The summed E-state index contributed by atoms with van der Waals surface area (Å²) in [5.74, 6) is -0.449. The lowest BCUT2D eigenvalue weighted by atomic mass is 10.1. The van der Waals surface area contributed by atoms with Crippen molar-refractivity contribution in [2.24, 2.45) is 0 Å². The van der Waals surface area contributed by atoms with Gasteiger partial charge in [0.25, 0.3) is 0 Å². The van der Waals surface area contributed by atoms with Crippen molar-refractivity contribution in [3.05, 3.63) is 39.6 Å². The lowest BCUT2D eigenvalue weighted by Crippen LogP contribution is -2.29. The summed E-state index contributed by atoms with van der Waals surface area (Å²) in [6, 6.07) is 0. The molecule has 0 spiro atoms. The van der Waals surface area contributed by atoms with Gasteiger partial charge in [-0.25, -0.2) is 9.78 Å². The second-order valence-electron chi connectivity index (χ2n) is 4.13. The molecular weight excluding hydrogens is 250 g/mol. The van der Waals surface area contributed by atoms with Crippen molar-refractivity contribution in [3.8, 4) is 0 Å². The first kappa shape index (κ1) is 12.9. The summed E-state index contributed by atoms with van der Waals surface area (Å²) < 4.78 is 1.38. The molecule has 2 N–H and O–H groups in total. The highest BCUT2D eigenvalue weighted by molar-refractivity contribution is 5.70. The molecule has 0 unspecified atom stereocenters. The van der Waals surface area contributed by atoms with Gasteiger partial charge in [0.2, 0.25) is 0 Å². The number of hydrogen-bond donors (Lipinski definition) is 2. The molecule has 2 aromatic rings. The van der Waals surface area contributed by atoms with Gasteiger partial charge in [-0.2, -0.15) is 10.1 Å². The van der Waals surface area contributed by atoms with Crippen LogP contribution in [0.25, 0.3) is 0 Å². The van der Waals surface area contributed by atoms with E-state index in [1.807, 2.05) is 0 Å². The van der Waals surface area contributed by atoms with Crippen LogP contribution in [0.2, 0.25) is 0 Å². The van der Waals surface area contributed by atoms with Crippen LogP contribution < -0.4 is 5.69 Å². The predicted molar refractivity (Wildman–Crippen MR) is 64.8 cm³/mol. The van der Waals surface area contributed by atoms with Gasteiger partial charge in [0, 0.05) is 17.0 Å². The summed E-state index contributed by atoms with van der Waals surface area (Å²) >= 11 is 0. The highest BCUT2D eigenvalue weighted by Gasteiger charge is 2.14. The first-order valence-corrected chi connectivity index (χ1v) is 5.62. The molecule has 2 rings (SSSR count). The zero-order valence-corrected chi connectivity index (χ0v) is 10.5. The Morgan fingerprint density at radius 3 is 2.79 bits per heavy atom. The van der Waals surface area contributed by atoms with Crippen molar-refractivity contribution in [1.82, 2.24) is 24.7 Å². The van der Waals surface area contributed by atoms with Crippen LogP contribution in [-0.2, 0) is 17.8 Å². The van der Waals surface area contributed by atoms with Gasteiger partial charge < -0.3 is 5.11 Å². The largest absolute Gasteiger partial charge is 0.481 e. The van der Waals surface area contributed by atoms with E-state index in [0.717, 1.165) is 0 Å². The number of nitrogens with zero attached hydrogens (tertiary/aromatic N) is 4. The quantitative estimate of drug-likeness (QED) is 0.779. The molecule has 8 nitrogen and oxygen atoms in total. The summed E-state index contributed by atoms with van der Waals surface area (Å²) in [6.45, 7) is 3.51. The van der Waals surface area contributed by atoms with Gasteiger partial charge >= 0.3 is 11.7 Å². The topological polar surface area (TPSA) is 114 Å². The Hall–Kier alpha value is -2.51. The normalized spacial score (nSPS) is 10.6. The Kier molecular flexibility index (Phi) is 3.41. The molecule has 0 bridgehead atoms. The zero-order valence-electron chi connectivity index (χ0n) is 10.5. The van der Waals surface area contributed by atoms with E-state index in [2.05, 4.69) is 20.2 Å². The molecule has 2 aromatic heterocycles. The summed E-state index contributed by atoms with van der Waals surface area (Å²) in [7, 11) is 0. The molecule has 8 heteroatoms. The van der Waals surface area contributed by atoms with Crippen LogP contribution >= 0.6 is 0 Å². The SMILES string of the molecule is Cc1nc(=O)n(Cc2ncn[nH]2)c(C)c1CC(=O)O. The van der Waals surface area contributed by atoms with Crippen LogP contribution in [0.3, 0.4) is 0 Å². The molecule has 0 aliphatic rings. The highest BCUT2D eigenvalue weighted by atomic mass is 16.4. The fourth-order valence-electron chi connectivity index (χ4n) is 1.89. The van der Waals surface area contributed by atoms with Crippen LogP contribution in [-0.4, -0.2) is 35.8 Å². The number of nitrogens with one attached hydrogen (secondary N) is 1. The third-order valence-corrected chi connectivity index (χ3v) is 2.87. The van der Waals surface area contributed by atoms with E-state index < -0.39 is 11.7 Å². The molecule has 0 aliphatic heterocycles. The van der Waals surface area contributed by atoms with Gasteiger partial charge in [0.05, 0.1) is 13.0 Å². The Bertz CT molecular complexity index is 660. The van der Waals surface area contributed by atoms with Gasteiger partial charge in [0.1, 0.15) is 12.2 Å². The number of aromatic amines is 1. The van der Waals surface area contributed by atoms with Gasteiger partial charge in [-0.3, -0.25) is 14.5 Å². The number of rotatable bonds is 4. The Morgan fingerprint density at radius 2 is 2.21 bits per heavy atom. The minimum atomic E-state index is -0.960. The highest BCUT2D eigenvalue weighted by Crippen LogP contribution is 2.11. The van der Waals surface area contributed by atoms with Crippen LogP contribution in [0.15, 0.2) is 11.1 Å². The molecule has 0 amide bonds. The summed E-state index contributed by atoms with van der Waals surface area (Å²) in [5, 5.41) is 15.2. The summed E-state index contributed by atoms with van der Waals surface area (Å²) in [6.07, 6.45) is 1.18. The maximum Gasteiger partial charge on any atom is 0.348 e. The Labute approximate surface area is 108 Å². The fourth-order valence-corrected chi connectivity index (χ4v) is 1.89. The van der Waals surface area contributed by atoms with Crippen molar-refractivity contribution in [1.29, 1.82) is 0 Å². The molecule has 0 atom stereocenters. The lowest BCUT2D eigenvalue weighted by Gasteiger charge is -2.13. The van der Waals surface area contributed by atoms with Gasteiger partial charge in [-0.1, -0.05) is 0 Å². The number of aliphatic carboxylic acids is 1. The van der Waals surface area contributed by atoms with Crippen LogP contribution in [0, 0.1) is 13.8 Å². The van der Waals surface area contributed by atoms with E-state index in [1.54, 1.807) is 13.8 Å². The standard InChI is InChI=1S/C11H13N5O3/c1-6-8(3-10(17)18)7(2)16(11(19)14-6)4-9-12-5-13-15-9/h5H,3-4H2,1-2H3,(H,17,18)(H,12,13,15). The zero-order chi connectivity index (χ0) is 14.0. The summed E-state index contributed by atoms with van der Waals surface area (Å²) in [4.78, 5) is 30.5. The smallest absolute Gasteiger partial charge is 0.348 e. The van der Waals surface area contributed by atoms with E-state index in [1.165, 1.54) is 10.9 Å². The minimum absolute atomic E-state index is 0.165. The Morgan fingerprint density at radius 1 is 1.47 bits per heavy atom. The van der Waals surface area contributed by atoms with E-state index in [0.29, 0.717) is 22.8 Å². The second-order valence-corrected chi connectivity index (χ2v) is 4.13. The van der Waals surface area contributed by atoms with Crippen molar-refractivity contribution >= 4 is 5.97 Å². The van der Waals surface area contributed by atoms with Crippen molar-refractivity contribution < 1.29 is 9.90 Å². The molecule has 0 radical (unpaired) electrons. The van der Waals surface area contributed by atoms with E-state index in [4.69, 9.17) is 5.11 Å². The van der Waals surface area contributed by atoms with Crippen molar-refractivity contribution in [2.75, 3.05) is 0 Å². The average Bonchev–Trinajstić information content (AvgIpc) is 2.82. The number of carbonyl (C=O) groups is 1. The fraction of sp³-hybridized carbons (Fsp3) is 0.364. The third-order valence-electron chi connectivity index (χ3n) is 2.87. The first-order valence-electron chi connectivity index (χ1n) is 5.62. The molecule has 0 saturated carbocycles. The molecule has 2 heterocycles. The molecule has 19 heavy (non-hydrogen) atoms. The number of carboxylic acids is 1. The Balaban J connectivity index is 2.48. The van der Waals surface area contributed by atoms with Gasteiger partial charge in [-0.15, -0.1) is 0 Å². The van der Waals surface area contributed by atoms with E-state index in [9.17, 15) is 9.59 Å². The van der Waals surface area contributed by atoms with Gasteiger partial charge in [0.15, 0.2) is 0 Å². The number of carboxylic acid groups (broad SMARTS) is 1. The van der Waals surface area contributed by atoms with Crippen LogP contribution in [0.5, 0.6) is 0 Å².